The van der Waals surface area contributed by atoms with Crippen LogP contribution in [0.15, 0.2) is 18.2 Å². The number of nitrogens with zero attached hydrogens (tertiary/aromatic N) is 1. The second-order valence-corrected chi connectivity index (χ2v) is 7.49. The summed E-state index contributed by atoms with van der Waals surface area (Å²) in [4.78, 5) is 15.4. The summed E-state index contributed by atoms with van der Waals surface area (Å²) < 4.78 is 5.61. The summed E-state index contributed by atoms with van der Waals surface area (Å²) in [7, 11) is 0. The van der Waals surface area contributed by atoms with E-state index >= 15 is 0 Å². The van der Waals surface area contributed by atoms with Crippen molar-refractivity contribution in [2.45, 2.75) is 57.5 Å². The van der Waals surface area contributed by atoms with E-state index in [4.69, 9.17) is 4.74 Å². The smallest absolute Gasteiger partial charge is 0.227 e. The van der Waals surface area contributed by atoms with Crippen molar-refractivity contribution in [2.75, 3.05) is 19.7 Å². The highest BCUT2D eigenvalue weighted by molar-refractivity contribution is 5.79. The van der Waals surface area contributed by atoms with Gasteiger partial charge in [0, 0.05) is 25.6 Å². The van der Waals surface area contributed by atoms with E-state index < -0.39 is 0 Å². The van der Waals surface area contributed by atoms with Crippen LogP contribution in [0.1, 0.15) is 49.7 Å². The summed E-state index contributed by atoms with van der Waals surface area (Å²) in [6.07, 6.45) is 8.00. The molecule has 1 unspecified atom stereocenters. The number of ether oxygens (including phenoxy) is 1. The molecule has 1 aromatic rings. The van der Waals surface area contributed by atoms with Crippen molar-refractivity contribution >= 4 is 5.91 Å². The van der Waals surface area contributed by atoms with Crippen LogP contribution in [0.4, 0.5) is 0 Å². The lowest BCUT2D eigenvalue weighted by Gasteiger charge is -2.34. The van der Waals surface area contributed by atoms with Gasteiger partial charge in [-0.15, -0.1) is 0 Å². The normalized spacial score (nSPS) is 23.8. The average molecular weight is 328 g/mol. The molecule has 4 heteroatoms. The van der Waals surface area contributed by atoms with E-state index in [1.165, 1.54) is 36.8 Å². The van der Waals surface area contributed by atoms with Gasteiger partial charge in [-0.05, 0) is 49.4 Å². The van der Waals surface area contributed by atoms with Crippen LogP contribution in [0.2, 0.25) is 0 Å². The predicted octanol–water partition coefficient (Wildman–Crippen LogP) is 2.89. The van der Waals surface area contributed by atoms with Crippen molar-refractivity contribution in [1.29, 1.82) is 0 Å². The summed E-state index contributed by atoms with van der Waals surface area (Å²) >= 11 is 0. The molecule has 1 aromatic carbocycles. The number of amides is 1. The molecule has 1 saturated heterocycles. The minimum absolute atomic E-state index is 0.164. The zero-order valence-electron chi connectivity index (χ0n) is 14.4. The Morgan fingerprint density at radius 2 is 2.08 bits per heavy atom. The van der Waals surface area contributed by atoms with Crippen molar-refractivity contribution < 1.29 is 9.53 Å². The molecule has 4 rings (SSSR count). The largest absolute Gasteiger partial charge is 0.493 e. The molecule has 2 fully saturated rings. The monoisotopic (exact) mass is 328 g/mol. The number of nitrogens with one attached hydrogen (secondary N) is 1. The van der Waals surface area contributed by atoms with Crippen molar-refractivity contribution in [3.05, 3.63) is 29.3 Å². The first-order valence-corrected chi connectivity index (χ1v) is 9.57. The lowest BCUT2D eigenvalue weighted by molar-refractivity contribution is -0.139. The second-order valence-electron chi connectivity index (χ2n) is 7.49. The maximum absolute atomic E-state index is 13.2. The standard InChI is InChI=1S/C20H28N2O2/c23-20(17-4-3-10-21-13-17)22(18-5-1-2-6-18)14-15-7-8-19-16(12-15)9-11-24-19/h7-8,12,17-18,21H,1-6,9-11,13-14H2. The zero-order valence-corrected chi connectivity index (χ0v) is 14.4. The average Bonchev–Trinajstić information content (AvgIpc) is 3.31. The van der Waals surface area contributed by atoms with Gasteiger partial charge in [-0.3, -0.25) is 4.79 Å². The quantitative estimate of drug-likeness (QED) is 0.924. The summed E-state index contributed by atoms with van der Waals surface area (Å²) in [5.41, 5.74) is 2.55. The third-order valence-electron chi connectivity index (χ3n) is 5.80. The zero-order chi connectivity index (χ0) is 16.4. The molecule has 3 aliphatic rings. The van der Waals surface area contributed by atoms with Gasteiger partial charge < -0.3 is 15.0 Å². The molecule has 1 N–H and O–H groups in total. The van der Waals surface area contributed by atoms with Crippen LogP contribution in [0, 0.1) is 5.92 Å². The number of carbonyl (C=O) groups is 1. The highest BCUT2D eigenvalue weighted by Crippen LogP contribution is 2.30. The predicted molar refractivity (Wildman–Crippen MR) is 94.0 cm³/mol. The van der Waals surface area contributed by atoms with Gasteiger partial charge in [-0.1, -0.05) is 25.0 Å². The highest BCUT2D eigenvalue weighted by Gasteiger charge is 2.32. The van der Waals surface area contributed by atoms with Gasteiger partial charge >= 0.3 is 0 Å². The Labute approximate surface area is 144 Å². The number of hydrogen-bond acceptors (Lipinski definition) is 3. The molecule has 0 spiro atoms. The molecule has 0 bridgehead atoms. The third kappa shape index (κ3) is 3.30. The molecule has 24 heavy (non-hydrogen) atoms. The van der Waals surface area contributed by atoms with Gasteiger partial charge in [0.1, 0.15) is 5.75 Å². The topological polar surface area (TPSA) is 41.6 Å². The number of benzene rings is 1. The Balaban J connectivity index is 1.52. The number of carbonyl (C=O) groups excluding carboxylic acids is 1. The lowest BCUT2D eigenvalue weighted by atomic mass is 9.96. The molecular weight excluding hydrogens is 300 g/mol. The van der Waals surface area contributed by atoms with Crippen LogP contribution < -0.4 is 10.1 Å². The van der Waals surface area contributed by atoms with Gasteiger partial charge in [0.25, 0.3) is 0 Å². The fourth-order valence-electron chi connectivity index (χ4n) is 4.43. The second kappa shape index (κ2) is 7.14. The highest BCUT2D eigenvalue weighted by atomic mass is 16.5. The Kier molecular flexibility index (Phi) is 4.74. The van der Waals surface area contributed by atoms with Crippen molar-refractivity contribution in [1.82, 2.24) is 10.2 Å². The summed E-state index contributed by atoms with van der Waals surface area (Å²) in [6, 6.07) is 6.90. The first kappa shape index (κ1) is 15.9. The third-order valence-corrected chi connectivity index (χ3v) is 5.80. The molecule has 2 heterocycles. The van der Waals surface area contributed by atoms with Crippen molar-refractivity contribution in [3.63, 3.8) is 0 Å². The fraction of sp³-hybridized carbons (Fsp3) is 0.650. The number of hydrogen-bond donors (Lipinski definition) is 1. The molecule has 1 aliphatic carbocycles. The molecule has 4 nitrogen and oxygen atoms in total. The molecule has 0 radical (unpaired) electrons. The van der Waals surface area contributed by atoms with Crippen LogP contribution in [0.3, 0.4) is 0 Å². The minimum atomic E-state index is 0.164. The van der Waals surface area contributed by atoms with E-state index in [2.05, 4.69) is 28.4 Å². The Morgan fingerprint density at radius 1 is 1.21 bits per heavy atom. The number of fused-ring (bicyclic) bond motifs is 1. The van der Waals surface area contributed by atoms with E-state index in [-0.39, 0.29) is 5.92 Å². The molecule has 1 amide bonds. The molecule has 1 atom stereocenters. The fourth-order valence-corrected chi connectivity index (χ4v) is 4.43. The van der Waals surface area contributed by atoms with Crippen LogP contribution in [-0.4, -0.2) is 36.5 Å². The van der Waals surface area contributed by atoms with Crippen LogP contribution in [0.25, 0.3) is 0 Å². The molecule has 2 aliphatic heterocycles. The molecule has 130 valence electrons. The van der Waals surface area contributed by atoms with Gasteiger partial charge in [0.15, 0.2) is 0 Å². The van der Waals surface area contributed by atoms with Gasteiger partial charge in [0.2, 0.25) is 5.91 Å². The Hall–Kier alpha value is -1.55. The summed E-state index contributed by atoms with van der Waals surface area (Å²) in [5, 5.41) is 3.40. The van der Waals surface area contributed by atoms with E-state index in [9.17, 15) is 4.79 Å². The maximum Gasteiger partial charge on any atom is 0.227 e. The number of piperidine rings is 1. The summed E-state index contributed by atoms with van der Waals surface area (Å²) in [6.45, 7) is 3.45. The Morgan fingerprint density at radius 3 is 2.88 bits per heavy atom. The van der Waals surface area contributed by atoms with Gasteiger partial charge in [-0.2, -0.15) is 0 Å². The van der Waals surface area contributed by atoms with E-state index in [1.807, 2.05) is 0 Å². The first-order valence-electron chi connectivity index (χ1n) is 9.57. The minimum Gasteiger partial charge on any atom is -0.493 e. The SMILES string of the molecule is O=C(C1CCCNC1)N(Cc1ccc2c(c1)CCO2)C1CCCC1. The van der Waals surface area contributed by atoms with Crippen molar-refractivity contribution in [3.8, 4) is 5.75 Å². The van der Waals surface area contributed by atoms with Gasteiger partial charge in [-0.25, -0.2) is 0 Å². The van der Waals surface area contributed by atoms with E-state index in [0.29, 0.717) is 11.9 Å². The van der Waals surface area contributed by atoms with E-state index in [0.717, 1.165) is 51.3 Å². The van der Waals surface area contributed by atoms with Gasteiger partial charge in [0.05, 0.1) is 12.5 Å². The van der Waals surface area contributed by atoms with Crippen LogP contribution >= 0.6 is 0 Å². The maximum atomic E-state index is 13.2. The molecule has 0 aromatic heterocycles. The number of rotatable bonds is 4. The molecule has 1 saturated carbocycles. The van der Waals surface area contributed by atoms with Crippen LogP contribution in [0.5, 0.6) is 5.75 Å². The lowest BCUT2D eigenvalue weighted by Crippen LogP contribution is -2.46. The Bertz CT molecular complexity index is 589. The van der Waals surface area contributed by atoms with Crippen molar-refractivity contribution in [2.24, 2.45) is 5.92 Å². The van der Waals surface area contributed by atoms with E-state index in [1.54, 1.807) is 0 Å². The molecular formula is C20H28N2O2. The van der Waals surface area contributed by atoms with Crippen LogP contribution in [-0.2, 0) is 17.8 Å². The summed E-state index contributed by atoms with van der Waals surface area (Å²) in [5.74, 6) is 1.55. The first-order chi connectivity index (χ1) is 11.8.